The van der Waals surface area contributed by atoms with Gasteiger partial charge < -0.3 is 10.3 Å². The number of hydrogen-bond donors (Lipinski definition) is 2. The molecular weight excluding hydrogens is 310 g/mol. The lowest BCUT2D eigenvalue weighted by Gasteiger charge is -2.29. The molecule has 0 saturated carbocycles. The molecule has 0 aromatic carbocycles. The molecule has 2 rings (SSSR count). The van der Waals surface area contributed by atoms with E-state index in [1.165, 1.54) is 0 Å². The molecule has 1 aliphatic rings. The molecule has 0 spiro atoms. The molecule has 2 heterocycles. The SMILES string of the molecule is CCCN(CC1CCNCC1)S(=O)(=O)c1sc(=O)[nH]c1C. The van der Waals surface area contributed by atoms with Crippen LogP contribution in [-0.2, 0) is 10.0 Å². The number of aromatic nitrogens is 1. The molecule has 1 aromatic rings. The van der Waals surface area contributed by atoms with Crippen molar-refractivity contribution < 1.29 is 8.42 Å². The third kappa shape index (κ3) is 3.94. The molecule has 0 radical (unpaired) electrons. The van der Waals surface area contributed by atoms with Crippen LogP contribution in [0.15, 0.2) is 9.00 Å². The first-order valence-electron chi connectivity index (χ1n) is 7.35. The third-order valence-electron chi connectivity index (χ3n) is 3.75. The summed E-state index contributed by atoms with van der Waals surface area (Å²) in [4.78, 5) is 13.6. The summed E-state index contributed by atoms with van der Waals surface area (Å²) in [5.41, 5.74) is 0.441. The smallest absolute Gasteiger partial charge is 0.305 e. The van der Waals surface area contributed by atoms with Crippen LogP contribution in [0.2, 0.25) is 0 Å². The minimum absolute atomic E-state index is 0.162. The van der Waals surface area contributed by atoms with Gasteiger partial charge in [-0.25, -0.2) is 8.42 Å². The highest BCUT2D eigenvalue weighted by molar-refractivity contribution is 7.91. The maximum atomic E-state index is 12.8. The van der Waals surface area contributed by atoms with E-state index in [4.69, 9.17) is 0 Å². The van der Waals surface area contributed by atoms with Crippen molar-refractivity contribution in [1.29, 1.82) is 0 Å². The molecule has 0 atom stereocenters. The summed E-state index contributed by atoms with van der Waals surface area (Å²) in [7, 11) is -3.57. The van der Waals surface area contributed by atoms with Crippen molar-refractivity contribution in [3.63, 3.8) is 0 Å². The molecule has 8 heteroatoms. The van der Waals surface area contributed by atoms with Crippen LogP contribution in [0.25, 0.3) is 0 Å². The summed E-state index contributed by atoms with van der Waals surface area (Å²) in [6.07, 6.45) is 2.76. The first-order valence-corrected chi connectivity index (χ1v) is 9.61. The summed E-state index contributed by atoms with van der Waals surface area (Å²) < 4.78 is 27.3. The lowest BCUT2D eigenvalue weighted by atomic mass is 9.98. The zero-order valence-electron chi connectivity index (χ0n) is 12.5. The number of rotatable bonds is 6. The number of piperidine rings is 1. The quantitative estimate of drug-likeness (QED) is 0.818. The van der Waals surface area contributed by atoms with Gasteiger partial charge in [-0.05, 0) is 45.2 Å². The number of thiazole rings is 1. The Labute approximate surface area is 129 Å². The van der Waals surface area contributed by atoms with Crippen LogP contribution < -0.4 is 10.2 Å². The molecule has 6 nitrogen and oxygen atoms in total. The van der Waals surface area contributed by atoms with E-state index in [-0.39, 0.29) is 9.08 Å². The molecule has 0 amide bonds. The standard InChI is InChI=1S/C13H23N3O3S2/c1-3-8-16(9-11-4-6-14-7-5-11)21(18,19)12-10(2)15-13(17)20-12/h11,14H,3-9H2,1-2H3,(H,15,17). The molecule has 21 heavy (non-hydrogen) atoms. The van der Waals surface area contributed by atoms with Gasteiger partial charge in [0.15, 0.2) is 4.21 Å². The second-order valence-electron chi connectivity index (χ2n) is 5.48. The van der Waals surface area contributed by atoms with Gasteiger partial charge in [0.2, 0.25) is 0 Å². The van der Waals surface area contributed by atoms with Gasteiger partial charge >= 0.3 is 4.87 Å². The maximum absolute atomic E-state index is 12.8. The van der Waals surface area contributed by atoms with E-state index in [0.29, 0.717) is 24.7 Å². The van der Waals surface area contributed by atoms with Crippen molar-refractivity contribution in [2.45, 2.75) is 37.3 Å². The molecule has 0 unspecified atom stereocenters. The molecule has 1 saturated heterocycles. The van der Waals surface area contributed by atoms with E-state index in [9.17, 15) is 13.2 Å². The molecular formula is C13H23N3O3S2. The van der Waals surface area contributed by atoms with Crippen LogP contribution in [0.5, 0.6) is 0 Å². The van der Waals surface area contributed by atoms with Gasteiger partial charge in [-0.1, -0.05) is 18.3 Å². The highest BCUT2D eigenvalue weighted by atomic mass is 32.2. The number of H-pyrrole nitrogens is 1. The van der Waals surface area contributed by atoms with Crippen molar-refractivity contribution in [2.75, 3.05) is 26.2 Å². The topological polar surface area (TPSA) is 82.3 Å². The highest BCUT2D eigenvalue weighted by Crippen LogP contribution is 2.24. The van der Waals surface area contributed by atoms with Crippen molar-refractivity contribution >= 4 is 21.4 Å². The number of hydrogen-bond acceptors (Lipinski definition) is 5. The van der Waals surface area contributed by atoms with Gasteiger partial charge in [-0.15, -0.1) is 0 Å². The molecule has 0 aliphatic carbocycles. The monoisotopic (exact) mass is 333 g/mol. The van der Waals surface area contributed by atoms with E-state index in [0.717, 1.165) is 43.7 Å². The van der Waals surface area contributed by atoms with Gasteiger partial charge in [-0.3, -0.25) is 4.79 Å². The van der Waals surface area contributed by atoms with Crippen molar-refractivity contribution in [2.24, 2.45) is 5.92 Å². The van der Waals surface area contributed by atoms with Crippen LogP contribution in [0.4, 0.5) is 0 Å². The van der Waals surface area contributed by atoms with E-state index < -0.39 is 10.0 Å². The fraction of sp³-hybridized carbons (Fsp3) is 0.769. The van der Waals surface area contributed by atoms with E-state index >= 15 is 0 Å². The Hall–Kier alpha value is -0.700. The lowest BCUT2D eigenvalue weighted by Crippen LogP contribution is -2.39. The minimum Gasteiger partial charge on any atom is -0.317 e. The van der Waals surface area contributed by atoms with E-state index in [1.807, 2.05) is 6.92 Å². The Morgan fingerprint density at radius 2 is 2.00 bits per heavy atom. The zero-order valence-corrected chi connectivity index (χ0v) is 14.1. The van der Waals surface area contributed by atoms with Crippen molar-refractivity contribution in [3.05, 3.63) is 15.4 Å². The lowest BCUT2D eigenvalue weighted by molar-refractivity contribution is 0.288. The van der Waals surface area contributed by atoms with Gasteiger partial charge in [0.05, 0.1) is 0 Å². The number of aryl methyl sites for hydroxylation is 1. The van der Waals surface area contributed by atoms with Crippen LogP contribution in [0.1, 0.15) is 31.9 Å². The summed E-state index contributed by atoms with van der Waals surface area (Å²) in [6.45, 7) is 6.54. The molecule has 1 fully saturated rings. The van der Waals surface area contributed by atoms with Gasteiger partial charge in [0, 0.05) is 18.8 Å². The fourth-order valence-corrected chi connectivity index (χ4v) is 5.71. The van der Waals surface area contributed by atoms with E-state index in [2.05, 4.69) is 10.3 Å². The normalized spacial score (nSPS) is 17.5. The Morgan fingerprint density at radius 1 is 1.33 bits per heavy atom. The first kappa shape index (κ1) is 16.7. The Balaban J connectivity index is 2.23. The second-order valence-corrected chi connectivity index (χ2v) is 8.60. The van der Waals surface area contributed by atoms with Crippen molar-refractivity contribution in [1.82, 2.24) is 14.6 Å². The van der Waals surface area contributed by atoms with Gasteiger partial charge in [-0.2, -0.15) is 4.31 Å². The number of nitrogens with zero attached hydrogens (tertiary/aromatic N) is 1. The van der Waals surface area contributed by atoms with Crippen LogP contribution >= 0.6 is 11.3 Å². The fourth-order valence-electron chi connectivity index (χ4n) is 2.67. The van der Waals surface area contributed by atoms with Crippen LogP contribution in [0, 0.1) is 12.8 Å². The average molecular weight is 333 g/mol. The Morgan fingerprint density at radius 3 is 2.52 bits per heavy atom. The number of aromatic amines is 1. The van der Waals surface area contributed by atoms with Crippen molar-refractivity contribution in [3.8, 4) is 0 Å². The summed E-state index contributed by atoms with van der Waals surface area (Å²) in [5.74, 6) is 0.392. The third-order valence-corrected chi connectivity index (χ3v) is 7.20. The predicted octanol–water partition coefficient (Wildman–Crippen LogP) is 1.15. The summed E-state index contributed by atoms with van der Waals surface area (Å²) in [6, 6.07) is 0. The Kier molecular flexibility index (Phi) is 5.59. The largest absolute Gasteiger partial charge is 0.317 e. The number of sulfonamides is 1. The summed E-state index contributed by atoms with van der Waals surface area (Å²) >= 11 is 0.784. The second kappa shape index (κ2) is 7.04. The van der Waals surface area contributed by atoms with Gasteiger partial charge in [0.25, 0.3) is 10.0 Å². The van der Waals surface area contributed by atoms with Crippen LogP contribution in [-0.4, -0.2) is 43.9 Å². The molecule has 1 aromatic heterocycles. The van der Waals surface area contributed by atoms with Gasteiger partial charge in [0.1, 0.15) is 0 Å². The predicted molar refractivity (Wildman–Crippen MR) is 84.3 cm³/mol. The summed E-state index contributed by atoms with van der Waals surface area (Å²) in [5, 5.41) is 3.29. The molecule has 1 aliphatic heterocycles. The average Bonchev–Trinajstić information content (AvgIpc) is 2.79. The molecule has 2 N–H and O–H groups in total. The molecule has 120 valence electrons. The zero-order chi connectivity index (χ0) is 15.5. The minimum atomic E-state index is -3.57. The maximum Gasteiger partial charge on any atom is 0.305 e. The highest BCUT2D eigenvalue weighted by Gasteiger charge is 2.30. The first-order chi connectivity index (χ1) is 9.95. The Bertz CT molecular complexity index is 615. The van der Waals surface area contributed by atoms with E-state index in [1.54, 1.807) is 11.2 Å². The molecule has 0 bridgehead atoms. The van der Waals surface area contributed by atoms with Crippen LogP contribution in [0.3, 0.4) is 0 Å². The number of nitrogens with one attached hydrogen (secondary N) is 2.